The first-order chi connectivity index (χ1) is 13.7. The minimum Gasteiger partial charge on any atom is -0.372 e. The Morgan fingerprint density at radius 3 is 2.29 bits per heavy atom. The highest BCUT2D eigenvalue weighted by atomic mass is 16.1. The molecule has 1 N–H and O–H groups in total. The molecule has 142 valence electrons. The van der Waals surface area contributed by atoms with Crippen molar-refractivity contribution >= 4 is 28.8 Å². The van der Waals surface area contributed by atoms with Crippen LogP contribution in [0.4, 0.5) is 22.9 Å². The van der Waals surface area contributed by atoms with E-state index in [2.05, 4.69) is 20.4 Å². The Labute approximate surface area is 164 Å². The number of benzene rings is 2. The highest BCUT2D eigenvalue weighted by molar-refractivity contribution is 6.02. The highest BCUT2D eigenvalue weighted by Crippen LogP contribution is 2.23. The Bertz CT molecular complexity index is 919. The molecule has 1 fully saturated rings. The zero-order valence-electron chi connectivity index (χ0n) is 15.9. The van der Waals surface area contributed by atoms with Crippen LogP contribution in [0, 0.1) is 0 Å². The molecule has 1 saturated heterocycles. The van der Waals surface area contributed by atoms with Crippen LogP contribution in [0.15, 0.2) is 66.7 Å². The molecule has 28 heavy (non-hydrogen) atoms. The van der Waals surface area contributed by atoms with E-state index in [0.717, 1.165) is 24.5 Å². The Morgan fingerprint density at radius 1 is 0.929 bits per heavy atom. The number of carbonyl (C=O) groups excluding carboxylic acids is 1. The molecule has 1 amide bonds. The zero-order chi connectivity index (χ0) is 19.3. The van der Waals surface area contributed by atoms with Gasteiger partial charge in [-0.15, -0.1) is 10.2 Å². The van der Waals surface area contributed by atoms with Gasteiger partial charge in [-0.25, -0.2) is 0 Å². The lowest BCUT2D eigenvalue weighted by Gasteiger charge is -2.18. The maximum Gasteiger partial charge on any atom is 0.276 e. The van der Waals surface area contributed by atoms with Gasteiger partial charge < -0.3 is 15.1 Å². The van der Waals surface area contributed by atoms with E-state index in [1.165, 1.54) is 18.5 Å². The summed E-state index contributed by atoms with van der Waals surface area (Å²) in [6.45, 7) is 2.20. The molecule has 0 bridgehead atoms. The van der Waals surface area contributed by atoms with Crippen molar-refractivity contribution in [3.8, 4) is 0 Å². The monoisotopic (exact) mass is 373 g/mol. The summed E-state index contributed by atoms with van der Waals surface area (Å²) < 4.78 is 0. The van der Waals surface area contributed by atoms with Gasteiger partial charge >= 0.3 is 0 Å². The normalized spacial score (nSPS) is 13.4. The molecule has 0 unspecified atom stereocenters. The van der Waals surface area contributed by atoms with E-state index in [4.69, 9.17) is 0 Å². The van der Waals surface area contributed by atoms with Gasteiger partial charge in [0.15, 0.2) is 11.5 Å². The fourth-order valence-electron chi connectivity index (χ4n) is 3.34. The van der Waals surface area contributed by atoms with Gasteiger partial charge in [-0.1, -0.05) is 18.2 Å². The fraction of sp³-hybridized carbons (Fsp3) is 0.227. The lowest BCUT2D eigenvalue weighted by Crippen LogP contribution is -2.18. The van der Waals surface area contributed by atoms with E-state index < -0.39 is 0 Å². The van der Waals surface area contributed by atoms with Gasteiger partial charge in [-0.3, -0.25) is 4.79 Å². The first kappa shape index (κ1) is 18.0. The van der Waals surface area contributed by atoms with E-state index >= 15 is 0 Å². The molecular weight excluding hydrogens is 350 g/mol. The number of anilines is 4. The largest absolute Gasteiger partial charge is 0.372 e. The van der Waals surface area contributed by atoms with Gasteiger partial charge in [0.25, 0.3) is 5.91 Å². The average Bonchev–Trinajstić information content (AvgIpc) is 3.29. The summed E-state index contributed by atoms with van der Waals surface area (Å²) >= 11 is 0. The predicted molar refractivity (Wildman–Crippen MR) is 112 cm³/mol. The summed E-state index contributed by atoms with van der Waals surface area (Å²) in [7, 11) is 1.92. The Kier molecular flexibility index (Phi) is 5.19. The van der Waals surface area contributed by atoms with E-state index in [1.54, 1.807) is 12.1 Å². The third kappa shape index (κ3) is 3.96. The zero-order valence-corrected chi connectivity index (χ0v) is 15.9. The van der Waals surface area contributed by atoms with Crippen LogP contribution in [0.2, 0.25) is 0 Å². The number of rotatable bonds is 5. The first-order valence-electron chi connectivity index (χ1n) is 9.49. The van der Waals surface area contributed by atoms with Crippen LogP contribution >= 0.6 is 0 Å². The number of aromatic nitrogens is 2. The van der Waals surface area contributed by atoms with E-state index in [0.29, 0.717) is 5.82 Å². The van der Waals surface area contributed by atoms with Gasteiger partial charge in [0.1, 0.15) is 0 Å². The summed E-state index contributed by atoms with van der Waals surface area (Å²) in [4.78, 5) is 16.8. The van der Waals surface area contributed by atoms with Crippen LogP contribution in [0.3, 0.4) is 0 Å². The molecule has 0 aliphatic carbocycles. The number of hydrogen-bond donors (Lipinski definition) is 1. The van der Waals surface area contributed by atoms with Crippen molar-refractivity contribution < 1.29 is 4.79 Å². The number of hydrogen-bond acceptors (Lipinski definition) is 5. The van der Waals surface area contributed by atoms with Crippen molar-refractivity contribution in [3.05, 3.63) is 72.4 Å². The van der Waals surface area contributed by atoms with E-state index in [1.807, 2.05) is 66.5 Å². The SMILES string of the molecule is CN(c1ccccc1)c1ccc(C(=O)Nc2ccc(N3CCCC3)cc2)nn1. The number of amides is 1. The Morgan fingerprint density at radius 2 is 1.64 bits per heavy atom. The van der Waals surface area contributed by atoms with Crippen LogP contribution in [-0.4, -0.2) is 36.2 Å². The molecule has 0 radical (unpaired) electrons. The molecule has 6 nitrogen and oxygen atoms in total. The van der Waals surface area contributed by atoms with Crippen LogP contribution in [0.25, 0.3) is 0 Å². The quantitative estimate of drug-likeness (QED) is 0.730. The van der Waals surface area contributed by atoms with Gasteiger partial charge in [-0.2, -0.15) is 0 Å². The third-order valence-corrected chi connectivity index (χ3v) is 4.97. The second kappa shape index (κ2) is 8.08. The third-order valence-electron chi connectivity index (χ3n) is 4.97. The lowest BCUT2D eigenvalue weighted by atomic mass is 10.2. The smallest absolute Gasteiger partial charge is 0.276 e. The maximum atomic E-state index is 12.5. The molecular formula is C22H23N5O. The summed E-state index contributed by atoms with van der Waals surface area (Å²) in [5.41, 5.74) is 3.24. The van der Waals surface area contributed by atoms with Crippen molar-refractivity contribution in [1.29, 1.82) is 0 Å². The molecule has 1 aliphatic heterocycles. The minimum absolute atomic E-state index is 0.268. The van der Waals surface area contributed by atoms with Gasteiger partial charge in [0.2, 0.25) is 0 Å². The molecule has 4 rings (SSSR count). The van der Waals surface area contributed by atoms with Crippen molar-refractivity contribution in [2.24, 2.45) is 0 Å². The number of nitrogens with zero attached hydrogens (tertiary/aromatic N) is 4. The first-order valence-corrected chi connectivity index (χ1v) is 9.49. The number of para-hydroxylation sites is 1. The second-order valence-electron chi connectivity index (χ2n) is 6.87. The van der Waals surface area contributed by atoms with Gasteiger partial charge in [0.05, 0.1) is 0 Å². The number of carbonyl (C=O) groups is 1. The molecule has 3 aromatic rings. The van der Waals surface area contributed by atoms with Crippen LogP contribution < -0.4 is 15.1 Å². The number of nitrogens with one attached hydrogen (secondary N) is 1. The Hall–Kier alpha value is -3.41. The van der Waals surface area contributed by atoms with Gasteiger partial charge in [-0.05, 0) is 61.4 Å². The molecule has 0 spiro atoms. The molecule has 0 atom stereocenters. The van der Waals surface area contributed by atoms with Crippen LogP contribution in [0.5, 0.6) is 0 Å². The molecule has 2 heterocycles. The van der Waals surface area contributed by atoms with Crippen molar-refractivity contribution in [2.45, 2.75) is 12.8 Å². The van der Waals surface area contributed by atoms with E-state index in [-0.39, 0.29) is 11.6 Å². The Balaban J connectivity index is 1.41. The lowest BCUT2D eigenvalue weighted by molar-refractivity contribution is 0.102. The second-order valence-corrected chi connectivity index (χ2v) is 6.87. The summed E-state index contributed by atoms with van der Waals surface area (Å²) in [6.07, 6.45) is 2.49. The highest BCUT2D eigenvalue weighted by Gasteiger charge is 2.13. The molecule has 6 heteroatoms. The summed E-state index contributed by atoms with van der Waals surface area (Å²) in [6, 6.07) is 21.3. The summed E-state index contributed by atoms with van der Waals surface area (Å²) in [5.74, 6) is 0.410. The average molecular weight is 373 g/mol. The maximum absolute atomic E-state index is 12.5. The molecule has 1 aromatic heterocycles. The molecule has 2 aromatic carbocycles. The molecule has 0 saturated carbocycles. The van der Waals surface area contributed by atoms with Crippen molar-refractivity contribution in [2.75, 3.05) is 35.3 Å². The van der Waals surface area contributed by atoms with E-state index in [9.17, 15) is 4.79 Å². The molecule has 1 aliphatic rings. The minimum atomic E-state index is -0.268. The fourth-order valence-corrected chi connectivity index (χ4v) is 3.34. The standard InChI is InChI=1S/C22H23N5O/c1-26(18-7-3-2-4-8-18)21-14-13-20(24-25-21)22(28)23-17-9-11-19(12-10-17)27-15-5-6-16-27/h2-4,7-14H,5-6,15-16H2,1H3,(H,23,28). The van der Waals surface area contributed by atoms with Crippen LogP contribution in [-0.2, 0) is 0 Å². The topological polar surface area (TPSA) is 61.4 Å². The predicted octanol–water partition coefficient (Wildman–Crippen LogP) is 4.10. The van der Waals surface area contributed by atoms with Gasteiger partial charge in [0, 0.05) is 37.2 Å². The van der Waals surface area contributed by atoms with Crippen molar-refractivity contribution in [1.82, 2.24) is 10.2 Å². The van der Waals surface area contributed by atoms with Crippen LogP contribution in [0.1, 0.15) is 23.3 Å². The summed E-state index contributed by atoms with van der Waals surface area (Å²) in [5, 5.41) is 11.2. The van der Waals surface area contributed by atoms with Crippen molar-refractivity contribution in [3.63, 3.8) is 0 Å².